The predicted molar refractivity (Wildman–Crippen MR) is 111 cm³/mol. The van der Waals surface area contributed by atoms with Gasteiger partial charge in [-0.3, -0.25) is 9.59 Å². The molecule has 0 radical (unpaired) electrons. The third kappa shape index (κ3) is 3.58. The van der Waals surface area contributed by atoms with E-state index in [4.69, 9.17) is 9.72 Å². The van der Waals surface area contributed by atoms with E-state index >= 15 is 0 Å². The van der Waals surface area contributed by atoms with Gasteiger partial charge in [-0.05, 0) is 37.0 Å². The first-order chi connectivity index (χ1) is 14.6. The maximum Gasteiger partial charge on any atom is 0.270 e. The molecule has 2 amide bonds. The van der Waals surface area contributed by atoms with Gasteiger partial charge in [0.05, 0.1) is 13.7 Å². The zero-order valence-corrected chi connectivity index (χ0v) is 17.1. The molecule has 0 bridgehead atoms. The van der Waals surface area contributed by atoms with Crippen LogP contribution in [-0.2, 0) is 17.8 Å². The molecule has 5 rings (SSSR count). The molecule has 30 heavy (non-hydrogen) atoms. The van der Waals surface area contributed by atoms with E-state index in [-0.39, 0.29) is 18.4 Å². The van der Waals surface area contributed by atoms with Gasteiger partial charge in [-0.25, -0.2) is 9.97 Å². The Morgan fingerprint density at radius 3 is 2.83 bits per heavy atom. The largest absolute Gasteiger partial charge is 0.497 e. The van der Waals surface area contributed by atoms with Crippen molar-refractivity contribution in [3.05, 3.63) is 46.9 Å². The standard InChI is InChI=1S/C22H25N5O3/c1-30-16-4-2-3-14(11-16)12-26-9-10-27(13-18(26)28)21-17-7-8-23-22(29)19(17)24-20(25-21)15-5-6-15/h2-4,11,15H,5-10,12-13H2,1H3,(H,23,29). The Morgan fingerprint density at radius 2 is 2.07 bits per heavy atom. The molecule has 3 heterocycles. The maximum absolute atomic E-state index is 12.9. The molecule has 2 aromatic rings. The van der Waals surface area contributed by atoms with Crippen molar-refractivity contribution in [2.45, 2.75) is 31.7 Å². The smallest absolute Gasteiger partial charge is 0.270 e. The minimum Gasteiger partial charge on any atom is -0.497 e. The van der Waals surface area contributed by atoms with Crippen LogP contribution in [0.1, 0.15) is 46.2 Å². The summed E-state index contributed by atoms with van der Waals surface area (Å²) in [5.74, 6) is 2.57. The van der Waals surface area contributed by atoms with Crippen LogP contribution < -0.4 is 15.0 Å². The molecule has 1 aromatic carbocycles. The number of nitrogens with zero attached hydrogens (tertiary/aromatic N) is 4. The highest BCUT2D eigenvalue weighted by Gasteiger charge is 2.34. The van der Waals surface area contributed by atoms with Crippen LogP contribution in [-0.4, -0.2) is 60.0 Å². The number of rotatable bonds is 5. The summed E-state index contributed by atoms with van der Waals surface area (Å²) in [6, 6.07) is 7.80. The zero-order valence-electron chi connectivity index (χ0n) is 17.1. The molecule has 0 spiro atoms. The van der Waals surface area contributed by atoms with E-state index in [1.54, 1.807) is 7.11 Å². The van der Waals surface area contributed by atoms with Crippen LogP contribution in [0, 0.1) is 0 Å². The summed E-state index contributed by atoms with van der Waals surface area (Å²) in [5, 5.41) is 2.87. The lowest BCUT2D eigenvalue weighted by molar-refractivity contribution is -0.131. The van der Waals surface area contributed by atoms with Gasteiger partial charge in [0.15, 0.2) is 0 Å². The number of ether oxygens (including phenoxy) is 1. The van der Waals surface area contributed by atoms with E-state index in [1.807, 2.05) is 34.1 Å². The normalized spacial score (nSPS) is 18.8. The molecule has 1 aromatic heterocycles. The summed E-state index contributed by atoms with van der Waals surface area (Å²) < 4.78 is 5.28. The lowest BCUT2D eigenvalue weighted by Crippen LogP contribution is -2.51. The number of piperazine rings is 1. The molecule has 1 saturated heterocycles. The van der Waals surface area contributed by atoms with Crippen molar-refractivity contribution in [3.8, 4) is 5.75 Å². The molecule has 156 valence electrons. The van der Waals surface area contributed by atoms with Gasteiger partial charge < -0.3 is 19.9 Å². The average molecular weight is 407 g/mol. The first-order valence-electron chi connectivity index (χ1n) is 10.5. The quantitative estimate of drug-likeness (QED) is 0.808. The number of methoxy groups -OCH3 is 1. The monoisotopic (exact) mass is 407 g/mol. The van der Waals surface area contributed by atoms with E-state index in [0.29, 0.717) is 44.2 Å². The highest BCUT2D eigenvalue weighted by atomic mass is 16.5. The van der Waals surface area contributed by atoms with E-state index in [2.05, 4.69) is 10.3 Å². The summed E-state index contributed by atoms with van der Waals surface area (Å²) in [4.78, 5) is 38.6. The highest BCUT2D eigenvalue weighted by molar-refractivity contribution is 5.96. The molecule has 2 fully saturated rings. The molecule has 8 nitrogen and oxygen atoms in total. The third-order valence-electron chi connectivity index (χ3n) is 5.95. The molecule has 1 N–H and O–H groups in total. The van der Waals surface area contributed by atoms with Gasteiger partial charge in [0.1, 0.15) is 23.1 Å². The van der Waals surface area contributed by atoms with Gasteiger partial charge in [-0.15, -0.1) is 0 Å². The number of aromatic nitrogens is 2. The van der Waals surface area contributed by atoms with Gasteiger partial charge in [-0.2, -0.15) is 0 Å². The zero-order chi connectivity index (χ0) is 20.7. The molecule has 8 heteroatoms. The first-order valence-corrected chi connectivity index (χ1v) is 10.5. The van der Waals surface area contributed by atoms with Crippen molar-refractivity contribution in [2.24, 2.45) is 0 Å². The third-order valence-corrected chi connectivity index (χ3v) is 5.95. The van der Waals surface area contributed by atoms with Crippen LogP contribution in [0.2, 0.25) is 0 Å². The minimum absolute atomic E-state index is 0.0599. The number of hydrogen-bond acceptors (Lipinski definition) is 6. The number of nitrogens with one attached hydrogen (secondary N) is 1. The summed E-state index contributed by atoms with van der Waals surface area (Å²) in [5.41, 5.74) is 2.40. The Bertz CT molecular complexity index is 1000. The second-order valence-corrected chi connectivity index (χ2v) is 8.10. The van der Waals surface area contributed by atoms with Crippen molar-refractivity contribution in [1.82, 2.24) is 20.2 Å². The van der Waals surface area contributed by atoms with Crippen molar-refractivity contribution in [2.75, 3.05) is 38.2 Å². The molecule has 3 aliphatic rings. The van der Waals surface area contributed by atoms with E-state index in [1.165, 1.54) is 0 Å². The Kier molecular flexibility index (Phi) is 4.77. The topological polar surface area (TPSA) is 87.7 Å². The Morgan fingerprint density at radius 1 is 1.20 bits per heavy atom. The number of carbonyl (C=O) groups excluding carboxylic acids is 2. The molecule has 1 saturated carbocycles. The Hall–Kier alpha value is -3.16. The van der Waals surface area contributed by atoms with E-state index < -0.39 is 0 Å². The lowest BCUT2D eigenvalue weighted by Gasteiger charge is -2.36. The van der Waals surface area contributed by atoms with Crippen LogP contribution in [0.15, 0.2) is 24.3 Å². The second-order valence-electron chi connectivity index (χ2n) is 8.10. The number of fused-ring (bicyclic) bond motifs is 1. The number of benzene rings is 1. The summed E-state index contributed by atoms with van der Waals surface area (Å²) in [6.07, 6.45) is 2.82. The van der Waals surface area contributed by atoms with Crippen molar-refractivity contribution in [1.29, 1.82) is 0 Å². The van der Waals surface area contributed by atoms with Gasteiger partial charge in [0, 0.05) is 37.7 Å². The number of anilines is 1. The van der Waals surface area contributed by atoms with Crippen LogP contribution in [0.5, 0.6) is 5.75 Å². The van der Waals surface area contributed by atoms with Crippen molar-refractivity contribution < 1.29 is 14.3 Å². The lowest BCUT2D eigenvalue weighted by atomic mass is 10.0. The van der Waals surface area contributed by atoms with Crippen molar-refractivity contribution in [3.63, 3.8) is 0 Å². The van der Waals surface area contributed by atoms with E-state index in [0.717, 1.165) is 41.4 Å². The summed E-state index contributed by atoms with van der Waals surface area (Å²) >= 11 is 0. The SMILES string of the molecule is COc1cccc(CN2CCN(c3nc(C4CC4)nc4c3CCNC4=O)CC2=O)c1. The van der Waals surface area contributed by atoms with Gasteiger partial charge >= 0.3 is 0 Å². The molecule has 1 aliphatic carbocycles. The number of hydrogen-bond donors (Lipinski definition) is 1. The molecule has 2 aliphatic heterocycles. The van der Waals surface area contributed by atoms with Crippen molar-refractivity contribution >= 4 is 17.6 Å². The molecular formula is C22H25N5O3. The molecule has 0 atom stereocenters. The molecular weight excluding hydrogens is 382 g/mol. The van der Waals surface area contributed by atoms with E-state index in [9.17, 15) is 9.59 Å². The van der Waals surface area contributed by atoms with Gasteiger partial charge in [0.25, 0.3) is 5.91 Å². The van der Waals surface area contributed by atoms with Crippen LogP contribution in [0.4, 0.5) is 5.82 Å². The minimum atomic E-state index is -0.134. The average Bonchev–Trinajstić information content (AvgIpc) is 3.61. The fraction of sp³-hybridized carbons (Fsp3) is 0.455. The Labute approximate surface area is 175 Å². The van der Waals surface area contributed by atoms with Crippen LogP contribution >= 0.6 is 0 Å². The van der Waals surface area contributed by atoms with Gasteiger partial charge in [-0.1, -0.05) is 12.1 Å². The predicted octanol–water partition coefficient (Wildman–Crippen LogP) is 1.50. The maximum atomic E-state index is 12.9. The van der Waals surface area contributed by atoms with Crippen LogP contribution in [0.3, 0.4) is 0 Å². The van der Waals surface area contributed by atoms with Crippen LogP contribution in [0.25, 0.3) is 0 Å². The fourth-order valence-corrected chi connectivity index (χ4v) is 4.13. The second kappa shape index (κ2) is 7.59. The van der Waals surface area contributed by atoms with Gasteiger partial charge in [0.2, 0.25) is 5.91 Å². The number of amides is 2. The highest BCUT2D eigenvalue weighted by Crippen LogP contribution is 2.40. The summed E-state index contributed by atoms with van der Waals surface area (Å²) in [6.45, 7) is 2.69. The summed E-state index contributed by atoms with van der Waals surface area (Å²) in [7, 11) is 1.64. The fourth-order valence-electron chi connectivity index (χ4n) is 4.13. The first kappa shape index (κ1) is 18.8. The molecule has 0 unspecified atom stereocenters. The number of carbonyl (C=O) groups is 2. The Balaban J connectivity index is 1.37.